The van der Waals surface area contributed by atoms with Crippen LogP contribution in [0.25, 0.3) is 16.5 Å². The van der Waals surface area contributed by atoms with Gasteiger partial charge >= 0.3 is 6.09 Å². The summed E-state index contributed by atoms with van der Waals surface area (Å²) in [5, 5.41) is 10.1. The van der Waals surface area contributed by atoms with E-state index in [1.54, 1.807) is 0 Å². The largest absolute Gasteiger partial charge is 0.465 e. The van der Waals surface area contributed by atoms with Crippen LogP contribution < -0.4 is 4.90 Å². The third-order valence-electron chi connectivity index (χ3n) is 4.71. The first kappa shape index (κ1) is 15.0. The molecule has 2 aromatic heterocycles. The Balaban J connectivity index is 1.60. The molecule has 0 unspecified atom stereocenters. The molecule has 0 aromatic carbocycles. The molecule has 4 rings (SSSR count). The summed E-state index contributed by atoms with van der Waals surface area (Å²) in [7, 11) is 0. The summed E-state index contributed by atoms with van der Waals surface area (Å²) in [5.74, 6) is 0.967. The number of fused-ring (bicyclic) bond motifs is 1. The zero-order valence-electron chi connectivity index (χ0n) is 13.4. The minimum atomic E-state index is -0.860. The quantitative estimate of drug-likeness (QED) is 0.883. The number of hydrogen-bond donors (Lipinski definition) is 2. The van der Waals surface area contributed by atoms with Crippen LogP contribution in [0.2, 0.25) is 0 Å². The highest BCUT2D eigenvalue weighted by molar-refractivity contribution is 5.93. The molecule has 2 N–H and O–H groups in total. The van der Waals surface area contributed by atoms with Crippen molar-refractivity contribution in [1.82, 2.24) is 14.9 Å². The van der Waals surface area contributed by atoms with Gasteiger partial charge in [-0.3, -0.25) is 0 Å². The summed E-state index contributed by atoms with van der Waals surface area (Å²) >= 11 is 0. The lowest BCUT2D eigenvalue weighted by Gasteiger charge is -2.27. The second-order valence-electron chi connectivity index (χ2n) is 6.10. The third kappa shape index (κ3) is 2.71. The van der Waals surface area contributed by atoms with Crippen LogP contribution in [0.15, 0.2) is 24.5 Å². The van der Waals surface area contributed by atoms with E-state index < -0.39 is 6.09 Å². The van der Waals surface area contributed by atoms with Crippen molar-refractivity contribution in [3.05, 3.63) is 30.1 Å². The highest BCUT2D eigenvalue weighted by Crippen LogP contribution is 2.30. The number of carboxylic acid groups (broad SMARTS) is 1. The number of aromatic amines is 1. The Hall–Kier alpha value is -2.54. The number of pyridine rings is 1. The Labute approximate surface area is 139 Å². The lowest BCUT2D eigenvalue weighted by Crippen LogP contribution is -2.36. The Morgan fingerprint density at radius 2 is 2.12 bits per heavy atom. The molecule has 0 radical (unpaired) electrons. The molecule has 1 saturated heterocycles. The van der Waals surface area contributed by atoms with Gasteiger partial charge in [-0.1, -0.05) is 6.08 Å². The standard InChI is InChI=1S/C17H20N4O3/c22-17(23)21-3-1-12(2-4-21)13-10-18-15-9-16(19-11-14(13)15)20-5-7-24-8-6-20/h1,9-11,18H,2-8H2,(H,22,23). The lowest BCUT2D eigenvalue weighted by atomic mass is 10.00. The highest BCUT2D eigenvalue weighted by Gasteiger charge is 2.19. The number of aromatic nitrogens is 2. The van der Waals surface area contributed by atoms with E-state index in [4.69, 9.17) is 9.84 Å². The van der Waals surface area contributed by atoms with Gasteiger partial charge in [-0.15, -0.1) is 0 Å². The molecule has 126 valence electrons. The number of carbonyl (C=O) groups is 1. The lowest BCUT2D eigenvalue weighted by molar-refractivity contribution is 0.122. The number of amides is 1. The summed E-state index contributed by atoms with van der Waals surface area (Å²) in [6, 6.07) is 2.08. The van der Waals surface area contributed by atoms with Gasteiger partial charge in [-0.25, -0.2) is 9.78 Å². The fraction of sp³-hybridized carbons (Fsp3) is 0.412. The zero-order valence-corrected chi connectivity index (χ0v) is 13.4. The van der Waals surface area contributed by atoms with Crippen molar-refractivity contribution < 1.29 is 14.6 Å². The van der Waals surface area contributed by atoms with Gasteiger partial charge in [-0.2, -0.15) is 0 Å². The minimum absolute atomic E-state index is 0.441. The van der Waals surface area contributed by atoms with Crippen LogP contribution in [0.1, 0.15) is 12.0 Å². The smallest absolute Gasteiger partial charge is 0.407 e. The fourth-order valence-electron chi connectivity index (χ4n) is 3.32. The summed E-state index contributed by atoms with van der Waals surface area (Å²) in [6.07, 6.45) is 5.77. The van der Waals surface area contributed by atoms with Crippen molar-refractivity contribution in [1.29, 1.82) is 0 Å². The van der Waals surface area contributed by atoms with Gasteiger partial charge in [0.25, 0.3) is 0 Å². The SMILES string of the molecule is O=C(O)N1CC=C(c2c[nH]c3cc(N4CCOCC4)ncc23)CC1. The van der Waals surface area contributed by atoms with Crippen LogP contribution in [0.3, 0.4) is 0 Å². The molecule has 0 atom stereocenters. The van der Waals surface area contributed by atoms with Crippen LogP contribution >= 0.6 is 0 Å². The van der Waals surface area contributed by atoms with Crippen molar-refractivity contribution in [3.63, 3.8) is 0 Å². The first-order valence-corrected chi connectivity index (χ1v) is 8.19. The van der Waals surface area contributed by atoms with Crippen molar-refractivity contribution >= 4 is 28.4 Å². The van der Waals surface area contributed by atoms with E-state index in [1.807, 2.05) is 18.5 Å². The Kier molecular flexibility index (Phi) is 3.86. The van der Waals surface area contributed by atoms with Crippen LogP contribution in [-0.4, -0.2) is 65.5 Å². The van der Waals surface area contributed by atoms with E-state index in [1.165, 1.54) is 10.5 Å². The van der Waals surface area contributed by atoms with Gasteiger partial charge in [0.1, 0.15) is 5.82 Å². The maximum absolute atomic E-state index is 11.0. The van der Waals surface area contributed by atoms with Crippen molar-refractivity contribution in [2.75, 3.05) is 44.3 Å². The van der Waals surface area contributed by atoms with Gasteiger partial charge in [-0.05, 0) is 12.0 Å². The van der Waals surface area contributed by atoms with Gasteiger partial charge in [0.15, 0.2) is 0 Å². The number of morpholine rings is 1. The van der Waals surface area contributed by atoms with Crippen molar-refractivity contribution in [3.8, 4) is 0 Å². The number of ether oxygens (including phenoxy) is 1. The molecule has 0 spiro atoms. The molecule has 7 nitrogen and oxygen atoms in total. The van der Waals surface area contributed by atoms with E-state index in [0.717, 1.165) is 55.0 Å². The molecule has 7 heteroatoms. The molecule has 2 aliphatic heterocycles. The number of nitrogens with zero attached hydrogens (tertiary/aromatic N) is 3. The molecular formula is C17H20N4O3. The Bertz CT molecular complexity index is 792. The first-order valence-electron chi connectivity index (χ1n) is 8.19. The van der Waals surface area contributed by atoms with E-state index >= 15 is 0 Å². The maximum atomic E-state index is 11.0. The van der Waals surface area contributed by atoms with Gasteiger partial charge in [0, 0.05) is 55.6 Å². The molecule has 1 fully saturated rings. The van der Waals surface area contributed by atoms with Gasteiger partial charge < -0.3 is 24.6 Å². The fourth-order valence-corrected chi connectivity index (χ4v) is 3.32. The highest BCUT2D eigenvalue weighted by atomic mass is 16.5. The molecule has 0 aliphatic carbocycles. The Morgan fingerprint density at radius 3 is 2.83 bits per heavy atom. The average Bonchev–Trinajstić information content (AvgIpc) is 3.05. The van der Waals surface area contributed by atoms with Crippen LogP contribution in [0.4, 0.5) is 10.6 Å². The summed E-state index contributed by atoms with van der Waals surface area (Å²) in [4.78, 5) is 22.6. The van der Waals surface area contributed by atoms with E-state index in [2.05, 4.69) is 20.9 Å². The second-order valence-corrected chi connectivity index (χ2v) is 6.10. The Morgan fingerprint density at radius 1 is 1.29 bits per heavy atom. The van der Waals surface area contributed by atoms with Crippen LogP contribution in [0, 0.1) is 0 Å². The van der Waals surface area contributed by atoms with E-state index in [0.29, 0.717) is 13.1 Å². The summed E-state index contributed by atoms with van der Waals surface area (Å²) in [5.41, 5.74) is 3.36. The maximum Gasteiger partial charge on any atom is 0.407 e. The van der Waals surface area contributed by atoms with Crippen LogP contribution in [-0.2, 0) is 4.74 Å². The number of nitrogens with one attached hydrogen (secondary N) is 1. The minimum Gasteiger partial charge on any atom is -0.465 e. The number of H-pyrrole nitrogens is 1. The second kappa shape index (κ2) is 6.16. The molecule has 4 heterocycles. The van der Waals surface area contributed by atoms with Crippen molar-refractivity contribution in [2.24, 2.45) is 0 Å². The molecule has 24 heavy (non-hydrogen) atoms. The monoisotopic (exact) mass is 328 g/mol. The zero-order chi connectivity index (χ0) is 16.5. The molecule has 2 aromatic rings. The topological polar surface area (TPSA) is 81.7 Å². The molecule has 0 saturated carbocycles. The van der Waals surface area contributed by atoms with E-state index in [9.17, 15) is 4.79 Å². The number of hydrogen-bond acceptors (Lipinski definition) is 4. The van der Waals surface area contributed by atoms with Gasteiger partial charge in [0.05, 0.1) is 18.7 Å². The predicted octanol–water partition coefficient (Wildman–Crippen LogP) is 2.17. The molecular weight excluding hydrogens is 308 g/mol. The molecule has 1 amide bonds. The van der Waals surface area contributed by atoms with Crippen molar-refractivity contribution in [2.45, 2.75) is 6.42 Å². The normalized spacial score (nSPS) is 18.8. The van der Waals surface area contributed by atoms with Gasteiger partial charge in [0.2, 0.25) is 0 Å². The summed E-state index contributed by atoms with van der Waals surface area (Å²) in [6.45, 7) is 4.18. The average molecular weight is 328 g/mol. The summed E-state index contributed by atoms with van der Waals surface area (Å²) < 4.78 is 5.39. The molecule has 2 aliphatic rings. The predicted molar refractivity (Wildman–Crippen MR) is 91.3 cm³/mol. The number of anilines is 1. The van der Waals surface area contributed by atoms with Crippen LogP contribution in [0.5, 0.6) is 0 Å². The molecule has 0 bridgehead atoms. The first-order chi connectivity index (χ1) is 11.7. The third-order valence-corrected chi connectivity index (χ3v) is 4.71. The number of rotatable bonds is 2. The van der Waals surface area contributed by atoms with E-state index in [-0.39, 0.29) is 0 Å².